The summed E-state index contributed by atoms with van der Waals surface area (Å²) in [6, 6.07) is 1.23. The highest BCUT2D eigenvalue weighted by Gasteiger charge is 2.16. The first kappa shape index (κ1) is 27.1. The highest BCUT2D eigenvalue weighted by molar-refractivity contribution is 6.44. The average molecular weight is 403 g/mol. The van der Waals surface area contributed by atoms with Gasteiger partial charge in [0.1, 0.15) is 0 Å². The monoisotopic (exact) mass is 402 g/mol. The number of rotatable bonds is 18. The molecule has 1 heterocycles. The molecule has 0 saturated carbocycles. The number of aliphatic hydroxyl groups excluding tert-OH is 1. The lowest BCUT2D eigenvalue weighted by molar-refractivity contribution is 0.174. The third kappa shape index (κ3) is 20.6. The van der Waals surface area contributed by atoms with Crippen LogP contribution in [0.5, 0.6) is 0 Å². The van der Waals surface area contributed by atoms with E-state index >= 15 is 0 Å². The first-order valence-corrected chi connectivity index (χ1v) is 13.9. The van der Waals surface area contributed by atoms with E-state index in [-0.39, 0.29) is 0 Å². The minimum absolute atomic E-state index is 0.954. The third-order valence-corrected chi connectivity index (χ3v) is 7.53. The summed E-state index contributed by atoms with van der Waals surface area (Å²) >= 11 is 0. The predicted octanol–water partition coefficient (Wildman–Crippen LogP) is 6.90. The molecular formula is C23H50O3Si. The van der Waals surface area contributed by atoms with E-state index in [9.17, 15) is 0 Å². The molecule has 1 unspecified atom stereocenters. The van der Waals surface area contributed by atoms with E-state index in [0.29, 0.717) is 0 Å². The van der Waals surface area contributed by atoms with Crippen LogP contribution in [0.1, 0.15) is 122 Å². The second-order valence-corrected chi connectivity index (χ2v) is 10.1. The fraction of sp³-hybridized carbons (Fsp3) is 1.00. The summed E-state index contributed by atoms with van der Waals surface area (Å²) < 4.78 is 11.6. The van der Waals surface area contributed by atoms with Gasteiger partial charge in [-0.15, -0.1) is 0 Å². The van der Waals surface area contributed by atoms with Gasteiger partial charge in [-0.3, -0.25) is 0 Å². The lowest BCUT2D eigenvalue weighted by Crippen LogP contribution is -2.27. The Morgan fingerprint density at radius 2 is 1.11 bits per heavy atom. The van der Waals surface area contributed by atoms with E-state index in [1.807, 2.05) is 0 Å². The molecule has 0 radical (unpaired) electrons. The third-order valence-electron chi connectivity index (χ3n) is 5.44. The van der Waals surface area contributed by atoms with Gasteiger partial charge in [0.05, 0.1) is 0 Å². The van der Waals surface area contributed by atoms with Gasteiger partial charge in [0.25, 0.3) is 0 Å². The largest absolute Gasteiger partial charge is 0.400 e. The Morgan fingerprint density at radius 1 is 0.667 bits per heavy atom. The van der Waals surface area contributed by atoms with E-state index in [2.05, 4.69) is 6.92 Å². The molecule has 0 spiro atoms. The molecule has 1 N–H and O–H groups in total. The van der Waals surface area contributed by atoms with Crippen molar-refractivity contribution >= 4 is 9.28 Å². The van der Waals surface area contributed by atoms with Gasteiger partial charge in [-0.2, -0.15) is 0 Å². The van der Waals surface area contributed by atoms with E-state index in [1.54, 1.807) is 0 Å². The van der Waals surface area contributed by atoms with Gasteiger partial charge in [0.2, 0.25) is 0 Å². The Balaban J connectivity index is 0.00000326. The fourth-order valence-electron chi connectivity index (χ4n) is 3.71. The highest BCUT2D eigenvalue weighted by atomic mass is 28.3. The van der Waals surface area contributed by atoms with Gasteiger partial charge in [-0.25, -0.2) is 0 Å². The van der Waals surface area contributed by atoms with Gasteiger partial charge in [0, 0.05) is 20.3 Å². The smallest absolute Gasteiger partial charge is 0.321 e. The van der Waals surface area contributed by atoms with Crippen molar-refractivity contribution in [3.8, 4) is 0 Å². The van der Waals surface area contributed by atoms with Gasteiger partial charge in [-0.1, -0.05) is 103 Å². The molecule has 1 rings (SSSR count). The minimum Gasteiger partial charge on any atom is -0.400 e. The van der Waals surface area contributed by atoms with Crippen LogP contribution in [0.25, 0.3) is 0 Å². The lowest BCUT2D eigenvalue weighted by atomic mass is 10.0. The van der Waals surface area contributed by atoms with Crippen LogP contribution in [0, 0.1) is 0 Å². The number of hydrogen-bond acceptors (Lipinski definition) is 3. The topological polar surface area (TPSA) is 38.7 Å². The summed E-state index contributed by atoms with van der Waals surface area (Å²) in [6.45, 7) is 4.20. The highest BCUT2D eigenvalue weighted by Crippen LogP contribution is 2.15. The SMILES string of the molecule is CCCCCCCCCCCCCCCCCCO[SiH]1CCCCO1.CO. The van der Waals surface area contributed by atoms with Crippen LogP contribution in [0.2, 0.25) is 6.04 Å². The summed E-state index contributed by atoms with van der Waals surface area (Å²) in [5, 5.41) is 7.00. The molecule has 1 aliphatic heterocycles. The zero-order chi connectivity index (χ0) is 19.8. The predicted molar refractivity (Wildman–Crippen MR) is 121 cm³/mol. The Hall–Kier alpha value is 0.0969. The summed E-state index contributed by atoms with van der Waals surface area (Å²) in [7, 11) is -0.221. The number of hydrogen-bond donors (Lipinski definition) is 1. The van der Waals surface area contributed by atoms with Gasteiger partial charge < -0.3 is 14.0 Å². The average Bonchev–Trinajstić information content (AvgIpc) is 2.72. The Kier molecular flexibility index (Phi) is 24.2. The Bertz CT molecular complexity index is 258. The van der Waals surface area contributed by atoms with E-state index in [0.717, 1.165) is 20.3 Å². The van der Waals surface area contributed by atoms with E-state index in [4.69, 9.17) is 14.0 Å². The summed E-state index contributed by atoms with van der Waals surface area (Å²) in [5.41, 5.74) is 0. The molecule has 1 saturated heterocycles. The van der Waals surface area contributed by atoms with Crippen molar-refractivity contribution < 1.29 is 14.0 Å². The number of aliphatic hydroxyl groups is 1. The zero-order valence-corrected chi connectivity index (χ0v) is 19.8. The van der Waals surface area contributed by atoms with Crippen molar-refractivity contribution in [2.75, 3.05) is 20.3 Å². The first-order valence-electron chi connectivity index (χ1n) is 12.1. The Labute approximate surface area is 172 Å². The number of unbranched alkanes of at least 4 members (excludes halogenated alkanes) is 15. The molecule has 0 aliphatic carbocycles. The molecule has 27 heavy (non-hydrogen) atoms. The molecular weight excluding hydrogens is 352 g/mol. The van der Waals surface area contributed by atoms with Crippen LogP contribution in [0.3, 0.4) is 0 Å². The maximum atomic E-state index is 7.00. The van der Waals surface area contributed by atoms with Crippen LogP contribution in [0.15, 0.2) is 0 Å². The lowest BCUT2D eigenvalue weighted by Gasteiger charge is -2.20. The van der Waals surface area contributed by atoms with Crippen molar-refractivity contribution in [2.45, 2.75) is 129 Å². The van der Waals surface area contributed by atoms with Crippen molar-refractivity contribution in [1.29, 1.82) is 0 Å². The van der Waals surface area contributed by atoms with Gasteiger partial charge in [-0.05, 0) is 25.3 Å². The molecule has 4 heteroatoms. The molecule has 0 bridgehead atoms. The maximum Gasteiger partial charge on any atom is 0.321 e. The molecule has 0 amide bonds. The summed E-state index contributed by atoms with van der Waals surface area (Å²) in [5.74, 6) is 0. The van der Waals surface area contributed by atoms with Crippen LogP contribution < -0.4 is 0 Å². The molecule has 164 valence electrons. The Morgan fingerprint density at radius 3 is 1.52 bits per heavy atom. The van der Waals surface area contributed by atoms with E-state index in [1.165, 1.54) is 122 Å². The summed E-state index contributed by atoms with van der Waals surface area (Å²) in [6.07, 6.45) is 25.4. The van der Waals surface area contributed by atoms with Crippen molar-refractivity contribution in [3.05, 3.63) is 0 Å². The second kappa shape index (κ2) is 24.1. The molecule has 3 nitrogen and oxygen atoms in total. The normalized spacial score (nSPS) is 16.8. The maximum absolute atomic E-state index is 7.00. The minimum atomic E-state index is -1.22. The van der Waals surface area contributed by atoms with Crippen molar-refractivity contribution in [2.24, 2.45) is 0 Å². The van der Waals surface area contributed by atoms with Crippen LogP contribution in [-0.4, -0.2) is 34.7 Å². The molecule has 0 aromatic carbocycles. The fourth-order valence-corrected chi connectivity index (χ4v) is 5.62. The quantitative estimate of drug-likeness (QED) is 0.200. The second-order valence-electron chi connectivity index (χ2n) is 7.97. The van der Waals surface area contributed by atoms with Crippen LogP contribution in [0.4, 0.5) is 0 Å². The van der Waals surface area contributed by atoms with Crippen LogP contribution in [-0.2, 0) is 8.85 Å². The van der Waals surface area contributed by atoms with Gasteiger partial charge in [0.15, 0.2) is 0 Å². The molecule has 0 aromatic heterocycles. The summed E-state index contributed by atoms with van der Waals surface area (Å²) in [4.78, 5) is 0. The zero-order valence-electron chi connectivity index (χ0n) is 18.7. The van der Waals surface area contributed by atoms with Crippen LogP contribution >= 0.6 is 0 Å². The van der Waals surface area contributed by atoms with Gasteiger partial charge >= 0.3 is 9.28 Å². The molecule has 1 atom stereocenters. The van der Waals surface area contributed by atoms with E-state index < -0.39 is 9.28 Å². The molecule has 1 aliphatic rings. The molecule has 1 fully saturated rings. The van der Waals surface area contributed by atoms with Crippen molar-refractivity contribution in [3.63, 3.8) is 0 Å². The molecule has 0 aromatic rings. The standard InChI is InChI=1S/C22H46O2Si.CH4O/c1-2-3-4-5-6-7-8-9-10-11-12-13-14-15-16-17-20-23-25-22-19-18-21-24-25;1-2/h25H,2-22H2,1H3;2H,1H3. The van der Waals surface area contributed by atoms with Crippen molar-refractivity contribution in [1.82, 2.24) is 0 Å². The first-order chi connectivity index (χ1) is 13.4.